The Morgan fingerprint density at radius 1 is 0.307 bits per heavy atom. The van der Waals surface area contributed by atoms with Gasteiger partial charge in [-0.05, 0) is 191 Å². The van der Waals surface area contributed by atoms with Crippen molar-refractivity contribution in [2.24, 2.45) is 9.98 Å². The van der Waals surface area contributed by atoms with Gasteiger partial charge < -0.3 is 22.1 Å². The molecule has 0 aliphatic heterocycles. The SMILES string of the molecule is C.C.C.C.C.Nc1ccc(Cc2ccc(C=C3C=CC(=Nc4ccc(Nc5ccccc5)cc4)C=C3)cc2)cc1.Nc1ccc(Cc2ccc(N=C3C=CC(=Cc4ccc(Nc5ccccc5)cc4)C=C3)cc2)cc1. The molecule has 2 aliphatic carbocycles. The number of nitrogens with two attached hydrogens (primary N) is 2. The predicted molar refractivity (Wildman–Crippen MR) is 333 cm³/mol. The highest BCUT2D eigenvalue weighted by Crippen LogP contribution is 2.24. The molecular weight excluding hydrogens is 913 g/mol. The van der Waals surface area contributed by atoms with Gasteiger partial charge in [0.25, 0.3) is 0 Å². The van der Waals surface area contributed by atoms with E-state index in [0.717, 1.165) is 86.5 Å². The maximum absolute atomic E-state index is 5.78. The molecule has 8 aromatic rings. The van der Waals surface area contributed by atoms with Gasteiger partial charge in [0.2, 0.25) is 0 Å². The van der Waals surface area contributed by atoms with Gasteiger partial charge in [-0.1, -0.05) is 171 Å². The Balaban J connectivity index is 0.000000304. The van der Waals surface area contributed by atoms with Crippen LogP contribution >= 0.6 is 0 Å². The summed E-state index contributed by atoms with van der Waals surface area (Å²) in [4.78, 5) is 9.51. The van der Waals surface area contributed by atoms with Gasteiger partial charge in [-0.25, -0.2) is 9.98 Å². The number of hydrogen-bond acceptors (Lipinski definition) is 6. The summed E-state index contributed by atoms with van der Waals surface area (Å²) in [5.74, 6) is 0. The standard InChI is InChI=1S/2C32H27N3.5CH4/c33-28-14-6-24(7-15-28)22-25-10-18-31(19-11-25)35-32-20-12-27(13-21-32)23-26-8-16-30(17-9-26)34-29-4-2-1-3-5-29;33-28-14-10-26(11-15-28)22-24-6-8-25(9-7-24)23-27-12-16-30(17-13-27)35-32-20-18-31(19-21-32)34-29-4-2-1-3-5-29;;;;;/h2*1-21,23,34H,22,33H2;5*1H4. The summed E-state index contributed by atoms with van der Waals surface area (Å²) in [7, 11) is 0. The van der Waals surface area contributed by atoms with Crippen LogP contribution in [0, 0.1) is 0 Å². The summed E-state index contributed by atoms with van der Waals surface area (Å²) in [5.41, 5.74) is 30.8. The zero-order valence-electron chi connectivity index (χ0n) is 38.9. The van der Waals surface area contributed by atoms with Crippen LogP contribution in [0.3, 0.4) is 0 Å². The second kappa shape index (κ2) is 29.3. The fourth-order valence-corrected chi connectivity index (χ4v) is 7.79. The number of rotatable bonds is 12. The van der Waals surface area contributed by atoms with Crippen LogP contribution in [-0.4, -0.2) is 11.4 Å². The van der Waals surface area contributed by atoms with Crippen molar-refractivity contribution >= 4 is 69.1 Å². The molecule has 75 heavy (non-hydrogen) atoms. The van der Waals surface area contributed by atoms with E-state index in [-0.39, 0.29) is 37.1 Å². The van der Waals surface area contributed by atoms with Crippen molar-refractivity contribution in [1.82, 2.24) is 0 Å². The molecule has 0 saturated heterocycles. The highest BCUT2D eigenvalue weighted by Gasteiger charge is 2.04. The minimum absolute atomic E-state index is 0. The van der Waals surface area contributed by atoms with Crippen LogP contribution < -0.4 is 22.1 Å². The zero-order chi connectivity index (χ0) is 47.7. The Kier molecular flexibility index (Phi) is 22.8. The molecule has 0 spiro atoms. The van der Waals surface area contributed by atoms with Crippen molar-refractivity contribution < 1.29 is 0 Å². The quantitative estimate of drug-likeness (QED) is 0.0916. The second-order valence-electron chi connectivity index (χ2n) is 17.1. The number of allylic oxidation sites excluding steroid dienone is 10. The third-order valence-corrected chi connectivity index (χ3v) is 11.6. The van der Waals surface area contributed by atoms with Gasteiger partial charge in [0.1, 0.15) is 0 Å². The van der Waals surface area contributed by atoms with Crippen LogP contribution in [0.4, 0.5) is 45.5 Å². The minimum atomic E-state index is 0. The first-order chi connectivity index (χ1) is 34.4. The third kappa shape index (κ3) is 18.1. The summed E-state index contributed by atoms with van der Waals surface area (Å²) in [5, 5.41) is 6.80. The Bertz CT molecular complexity index is 2970. The Labute approximate surface area is 448 Å². The molecule has 0 saturated carbocycles. The van der Waals surface area contributed by atoms with Gasteiger partial charge >= 0.3 is 0 Å². The maximum Gasteiger partial charge on any atom is 0.0638 e. The smallest absolute Gasteiger partial charge is 0.0638 e. The summed E-state index contributed by atoms with van der Waals surface area (Å²) in [6.45, 7) is 0. The van der Waals surface area contributed by atoms with Crippen molar-refractivity contribution in [3.05, 3.63) is 299 Å². The van der Waals surface area contributed by atoms with E-state index in [1.54, 1.807) is 0 Å². The van der Waals surface area contributed by atoms with Gasteiger partial charge in [-0.15, -0.1) is 0 Å². The van der Waals surface area contributed by atoms with E-state index in [0.29, 0.717) is 0 Å². The molecule has 0 heterocycles. The first-order valence-corrected chi connectivity index (χ1v) is 23.4. The lowest BCUT2D eigenvalue weighted by Crippen LogP contribution is -1.93. The topological polar surface area (TPSA) is 101 Å². The molecule has 10 rings (SSSR count). The molecular formula is C69H74N6. The summed E-state index contributed by atoms with van der Waals surface area (Å²) >= 11 is 0. The minimum Gasteiger partial charge on any atom is -0.399 e. The van der Waals surface area contributed by atoms with Crippen molar-refractivity contribution in [2.45, 2.75) is 50.0 Å². The van der Waals surface area contributed by atoms with Gasteiger partial charge in [-0.2, -0.15) is 0 Å². The molecule has 0 radical (unpaired) electrons. The van der Waals surface area contributed by atoms with E-state index in [9.17, 15) is 0 Å². The number of aliphatic imine (C=N–C) groups is 2. The van der Waals surface area contributed by atoms with Gasteiger partial charge in [0.05, 0.1) is 22.8 Å². The average Bonchev–Trinajstić information content (AvgIpc) is 3.40. The summed E-state index contributed by atoms with van der Waals surface area (Å²) < 4.78 is 0. The number of nitrogens with one attached hydrogen (secondary N) is 2. The average molecular weight is 987 g/mol. The monoisotopic (exact) mass is 987 g/mol. The van der Waals surface area contributed by atoms with E-state index >= 15 is 0 Å². The normalized spacial score (nSPS) is 11.6. The van der Waals surface area contributed by atoms with E-state index in [1.807, 2.05) is 97.1 Å². The molecule has 0 atom stereocenters. The number of nitrogens with zero attached hydrogens (tertiary/aromatic N) is 2. The van der Waals surface area contributed by atoms with E-state index in [1.165, 1.54) is 27.8 Å². The lowest BCUT2D eigenvalue weighted by Gasteiger charge is -2.07. The first kappa shape index (κ1) is 58.3. The molecule has 380 valence electrons. The number of para-hydroxylation sites is 2. The molecule has 2 aliphatic rings. The van der Waals surface area contributed by atoms with Crippen molar-refractivity contribution in [3.8, 4) is 0 Å². The molecule has 6 nitrogen and oxygen atoms in total. The van der Waals surface area contributed by atoms with Gasteiger partial charge in [-0.3, -0.25) is 0 Å². The molecule has 0 aromatic heterocycles. The predicted octanol–water partition coefficient (Wildman–Crippen LogP) is 19.0. The molecule has 0 unspecified atom stereocenters. The molecule has 0 fully saturated rings. The first-order valence-electron chi connectivity index (χ1n) is 23.4. The molecule has 6 heteroatoms. The lowest BCUT2D eigenvalue weighted by molar-refractivity contribution is 1.19. The van der Waals surface area contributed by atoms with Crippen molar-refractivity contribution in [2.75, 3.05) is 22.1 Å². The summed E-state index contributed by atoms with van der Waals surface area (Å²) in [6, 6.07) is 70.1. The highest BCUT2D eigenvalue weighted by atomic mass is 14.9. The fraction of sp³-hybridized carbons (Fsp3) is 0.101. The number of hydrogen-bond donors (Lipinski definition) is 4. The molecule has 0 bridgehead atoms. The van der Waals surface area contributed by atoms with E-state index < -0.39 is 0 Å². The Morgan fingerprint density at radius 2 is 0.587 bits per heavy atom. The maximum atomic E-state index is 5.78. The number of anilines is 6. The molecule has 8 aromatic carbocycles. The fourth-order valence-electron chi connectivity index (χ4n) is 7.79. The number of benzene rings is 8. The van der Waals surface area contributed by atoms with Crippen LogP contribution in [0.5, 0.6) is 0 Å². The van der Waals surface area contributed by atoms with Crippen LogP contribution in [0.25, 0.3) is 12.2 Å². The van der Waals surface area contributed by atoms with Crippen LogP contribution in [-0.2, 0) is 12.8 Å². The van der Waals surface area contributed by atoms with Crippen LogP contribution in [0.1, 0.15) is 70.5 Å². The Morgan fingerprint density at radius 3 is 0.947 bits per heavy atom. The zero-order valence-corrected chi connectivity index (χ0v) is 38.9. The van der Waals surface area contributed by atoms with Crippen LogP contribution in [0.15, 0.2) is 276 Å². The van der Waals surface area contributed by atoms with E-state index in [2.05, 4.69) is 181 Å². The van der Waals surface area contributed by atoms with Gasteiger partial charge in [0, 0.05) is 34.1 Å². The van der Waals surface area contributed by atoms with Crippen molar-refractivity contribution in [1.29, 1.82) is 0 Å². The number of nitrogen functional groups attached to an aromatic ring is 2. The highest BCUT2D eigenvalue weighted by molar-refractivity contribution is 6.08. The van der Waals surface area contributed by atoms with E-state index in [4.69, 9.17) is 21.5 Å². The largest absolute Gasteiger partial charge is 0.399 e. The third-order valence-electron chi connectivity index (χ3n) is 11.6. The van der Waals surface area contributed by atoms with Crippen molar-refractivity contribution in [3.63, 3.8) is 0 Å². The molecule has 0 amide bonds. The second-order valence-corrected chi connectivity index (χ2v) is 17.1. The Hall–Kier alpha value is -9.26. The lowest BCUT2D eigenvalue weighted by atomic mass is 10.0. The van der Waals surface area contributed by atoms with Crippen LogP contribution in [0.2, 0.25) is 0 Å². The molecule has 6 N–H and O–H groups in total. The summed E-state index contributed by atoms with van der Waals surface area (Å²) in [6.07, 6.45) is 22.8. The van der Waals surface area contributed by atoms with Gasteiger partial charge in [0.15, 0.2) is 0 Å².